The summed E-state index contributed by atoms with van der Waals surface area (Å²) in [6.45, 7) is 5.07. The summed E-state index contributed by atoms with van der Waals surface area (Å²) in [5.74, 6) is 1.41. The number of rotatable bonds is 4. The van der Waals surface area contributed by atoms with Gasteiger partial charge in [-0.1, -0.05) is 13.8 Å². The third kappa shape index (κ3) is 1.96. The molecule has 0 saturated carbocycles. The van der Waals surface area contributed by atoms with Crippen molar-refractivity contribution >= 4 is 5.95 Å². The molecule has 2 N–H and O–H groups in total. The smallest absolute Gasteiger partial charge is 0.218 e. The molecule has 12 heavy (non-hydrogen) atoms. The van der Waals surface area contributed by atoms with E-state index < -0.39 is 0 Å². The minimum atomic E-state index is 0.542. The average molecular weight is 168 g/mol. The Morgan fingerprint density at radius 1 is 1.33 bits per heavy atom. The van der Waals surface area contributed by atoms with Crippen LogP contribution in [0.15, 0.2) is 0 Å². The van der Waals surface area contributed by atoms with Crippen molar-refractivity contribution in [2.24, 2.45) is 0 Å². The molecule has 1 aromatic rings. The van der Waals surface area contributed by atoms with E-state index in [1.54, 1.807) is 4.68 Å². The van der Waals surface area contributed by atoms with Gasteiger partial charge in [0, 0.05) is 13.0 Å². The van der Waals surface area contributed by atoms with Gasteiger partial charge in [-0.15, -0.1) is 0 Å². The van der Waals surface area contributed by atoms with Crippen LogP contribution in [-0.2, 0) is 13.0 Å². The number of nitrogens with zero attached hydrogens (tertiary/aromatic N) is 3. The van der Waals surface area contributed by atoms with Crippen molar-refractivity contribution in [1.82, 2.24) is 14.8 Å². The van der Waals surface area contributed by atoms with E-state index in [9.17, 15) is 0 Å². The minimum absolute atomic E-state index is 0.542. The first-order valence-corrected chi connectivity index (χ1v) is 4.47. The normalized spacial score (nSPS) is 10.5. The van der Waals surface area contributed by atoms with E-state index in [4.69, 9.17) is 5.73 Å². The van der Waals surface area contributed by atoms with Crippen LogP contribution in [0.25, 0.3) is 0 Å². The van der Waals surface area contributed by atoms with Crippen LogP contribution in [0, 0.1) is 0 Å². The first kappa shape index (κ1) is 9.03. The number of hydrogen-bond acceptors (Lipinski definition) is 3. The molecule has 0 spiro atoms. The molecule has 1 rings (SSSR count). The van der Waals surface area contributed by atoms with Gasteiger partial charge in [-0.3, -0.25) is 0 Å². The SMILES string of the molecule is CCCc1nc(N)n(CCC)n1. The Morgan fingerprint density at radius 2 is 2.08 bits per heavy atom. The molecule has 0 radical (unpaired) electrons. The molecule has 0 amide bonds. The van der Waals surface area contributed by atoms with Crippen LogP contribution in [0.3, 0.4) is 0 Å². The molecule has 0 aliphatic rings. The maximum atomic E-state index is 5.65. The standard InChI is InChI=1S/C8H16N4/c1-3-5-7-10-8(9)12(11-7)6-4-2/h3-6H2,1-2H3,(H2,9,10,11). The zero-order valence-corrected chi connectivity index (χ0v) is 7.75. The van der Waals surface area contributed by atoms with Gasteiger partial charge in [-0.25, -0.2) is 4.68 Å². The fraction of sp³-hybridized carbons (Fsp3) is 0.750. The fourth-order valence-electron chi connectivity index (χ4n) is 1.11. The van der Waals surface area contributed by atoms with Gasteiger partial charge in [-0.2, -0.15) is 10.1 Å². The van der Waals surface area contributed by atoms with Crippen LogP contribution >= 0.6 is 0 Å². The summed E-state index contributed by atoms with van der Waals surface area (Å²) >= 11 is 0. The summed E-state index contributed by atoms with van der Waals surface area (Å²) in [7, 11) is 0. The Morgan fingerprint density at radius 3 is 2.67 bits per heavy atom. The van der Waals surface area contributed by atoms with Crippen LogP contribution < -0.4 is 5.73 Å². The summed E-state index contributed by atoms with van der Waals surface area (Å²) in [5, 5.41) is 4.27. The second-order valence-corrected chi connectivity index (χ2v) is 2.86. The quantitative estimate of drug-likeness (QED) is 0.735. The van der Waals surface area contributed by atoms with Crippen LogP contribution in [0.4, 0.5) is 5.95 Å². The lowest BCUT2D eigenvalue weighted by atomic mass is 10.3. The Labute approximate surface area is 72.8 Å². The predicted octanol–water partition coefficient (Wildman–Crippen LogP) is 1.22. The monoisotopic (exact) mass is 168 g/mol. The fourth-order valence-corrected chi connectivity index (χ4v) is 1.11. The Balaban J connectivity index is 2.70. The minimum Gasteiger partial charge on any atom is -0.368 e. The van der Waals surface area contributed by atoms with E-state index in [1.807, 2.05) is 0 Å². The van der Waals surface area contributed by atoms with Gasteiger partial charge in [-0.05, 0) is 12.8 Å². The molecule has 0 bridgehead atoms. The van der Waals surface area contributed by atoms with Crippen molar-refractivity contribution in [2.75, 3.05) is 5.73 Å². The predicted molar refractivity (Wildman–Crippen MR) is 48.7 cm³/mol. The second-order valence-electron chi connectivity index (χ2n) is 2.86. The molecular weight excluding hydrogens is 152 g/mol. The zero-order valence-electron chi connectivity index (χ0n) is 7.75. The maximum absolute atomic E-state index is 5.65. The van der Waals surface area contributed by atoms with Crippen molar-refractivity contribution in [3.8, 4) is 0 Å². The number of hydrogen-bond donors (Lipinski definition) is 1. The van der Waals surface area contributed by atoms with Gasteiger partial charge in [0.05, 0.1) is 0 Å². The number of anilines is 1. The lowest BCUT2D eigenvalue weighted by Gasteiger charge is -1.96. The molecule has 0 fully saturated rings. The Hall–Kier alpha value is -1.06. The Bertz CT molecular complexity index is 241. The number of aryl methyl sites for hydroxylation is 2. The van der Waals surface area contributed by atoms with E-state index in [0.717, 1.165) is 31.6 Å². The van der Waals surface area contributed by atoms with Crippen molar-refractivity contribution in [3.63, 3.8) is 0 Å². The molecule has 1 heterocycles. The topological polar surface area (TPSA) is 56.7 Å². The van der Waals surface area contributed by atoms with E-state index in [0.29, 0.717) is 5.95 Å². The largest absolute Gasteiger partial charge is 0.368 e. The van der Waals surface area contributed by atoms with Crippen LogP contribution in [0.1, 0.15) is 32.5 Å². The van der Waals surface area contributed by atoms with Gasteiger partial charge in [0.15, 0.2) is 5.82 Å². The van der Waals surface area contributed by atoms with E-state index >= 15 is 0 Å². The first-order valence-electron chi connectivity index (χ1n) is 4.47. The van der Waals surface area contributed by atoms with E-state index in [2.05, 4.69) is 23.9 Å². The van der Waals surface area contributed by atoms with Gasteiger partial charge >= 0.3 is 0 Å². The van der Waals surface area contributed by atoms with E-state index in [1.165, 1.54) is 0 Å². The molecule has 0 aliphatic heterocycles. The second kappa shape index (κ2) is 4.09. The molecule has 0 aliphatic carbocycles. The van der Waals surface area contributed by atoms with Crippen LogP contribution in [0.5, 0.6) is 0 Å². The molecule has 68 valence electrons. The van der Waals surface area contributed by atoms with Crippen molar-refractivity contribution in [1.29, 1.82) is 0 Å². The molecule has 4 nitrogen and oxygen atoms in total. The number of nitrogens with two attached hydrogens (primary N) is 1. The highest BCUT2D eigenvalue weighted by Gasteiger charge is 2.03. The summed E-state index contributed by atoms with van der Waals surface area (Å²) in [6.07, 6.45) is 3.02. The van der Waals surface area contributed by atoms with Crippen LogP contribution in [0.2, 0.25) is 0 Å². The van der Waals surface area contributed by atoms with Crippen molar-refractivity contribution in [3.05, 3.63) is 5.82 Å². The zero-order chi connectivity index (χ0) is 8.97. The molecule has 4 heteroatoms. The first-order chi connectivity index (χ1) is 5.77. The summed E-state index contributed by atoms with van der Waals surface area (Å²) < 4.78 is 1.77. The van der Waals surface area contributed by atoms with Gasteiger partial charge in [0.25, 0.3) is 0 Å². The van der Waals surface area contributed by atoms with Gasteiger partial charge in [0.1, 0.15) is 0 Å². The van der Waals surface area contributed by atoms with Crippen molar-refractivity contribution in [2.45, 2.75) is 39.7 Å². The number of nitrogen functional groups attached to an aromatic ring is 1. The van der Waals surface area contributed by atoms with E-state index in [-0.39, 0.29) is 0 Å². The molecule has 0 unspecified atom stereocenters. The summed E-state index contributed by atoms with van der Waals surface area (Å²) in [4.78, 5) is 4.15. The lowest BCUT2D eigenvalue weighted by Crippen LogP contribution is -2.04. The maximum Gasteiger partial charge on any atom is 0.218 e. The highest BCUT2D eigenvalue weighted by Crippen LogP contribution is 2.03. The third-order valence-corrected chi connectivity index (χ3v) is 1.65. The van der Waals surface area contributed by atoms with Gasteiger partial charge < -0.3 is 5.73 Å². The third-order valence-electron chi connectivity index (χ3n) is 1.65. The molecule has 0 saturated heterocycles. The number of aromatic nitrogens is 3. The summed E-state index contributed by atoms with van der Waals surface area (Å²) in [6, 6.07) is 0. The average Bonchev–Trinajstić information content (AvgIpc) is 2.34. The molecule has 1 aromatic heterocycles. The molecular formula is C8H16N4. The highest BCUT2D eigenvalue weighted by molar-refractivity contribution is 5.15. The molecule has 0 aromatic carbocycles. The lowest BCUT2D eigenvalue weighted by molar-refractivity contribution is 0.600. The summed E-state index contributed by atoms with van der Waals surface area (Å²) in [5.41, 5.74) is 5.65. The van der Waals surface area contributed by atoms with Crippen LogP contribution in [-0.4, -0.2) is 14.8 Å². The van der Waals surface area contributed by atoms with Crippen molar-refractivity contribution < 1.29 is 0 Å². The Kier molecular flexibility index (Phi) is 3.08. The highest BCUT2D eigenvalue weighted by atomic mass is 15.4. The molecule has 0 atom stereocenters. The van der Waals surface area contributed by atoms with Gasteiger partial charge in [0.2, 0.25) is 5.95 Å².